The van der Waals surface area contributed by atoms with Gasteiger partial charge in [-0.1, -0.05) is 6.07 Å². The molecule has 2 N–H and O–H groups in total. The molecule has 1 unspecified atom stereocenters. The molecule has 0 aromatic heterocycles. The molecule has 0 fully saturated rings. The van der Waals surface area contributed by atoms with Crippen LogP contribution in [-0.2, 0) is 12.8 Å². The first kappa shape index (κ1) is 16.2. The van der Waals surface area contributed by atoms with Crippen LogP contribution in [0.4, 0.5) is 0 Å². The third kappa shape index (κ3) is 3.30. The highest BCUT2D eigenvalue weighted by atomic mass is 127. The average Bonchev–Trinajstić information content (AvgIpc) is 2.47. The summed E-state index contributed by atoms with van der Waals surface area (Å²) in [5, 5.41) is 13.2. The summed E-state index contributed by atoms with van der Waals surface area (Å²) < 4.78 is 1.99. The van der Waals surface area contributed by atoms with Crippen molar-refractivity contribution in [1.29, 1.82) is 0 Å². The second kappa shape index (κ2) is 6.84. The Balaban J connectivity index is 1.90. The van der Waals surface area contributed by atoms with Crippen LogP contribution in [0.2, 0.25) is 0 Å². The third-order valence-corrected chi connectivity index (χ3v) is 5.77. The highest BCUT2D eigenvalue weighted by Gasteiger charge is 2.21. The van der Waals surface area contributed by atoms with E-state index in [9.17, 15) is 9.90 Å². The fourth-order valence-corrected chi connectivity index (χ4v) is 5.08. The molecule has 0 saturated carbocycles. The molecule has 5 heteroatoms. The van der Waals surface area contributed by atoms with Gasteiger partial charge in [-0.2, -0.15) is 0 Å². The average molecular weight is 519 g/mol. The van der Waals surface area contributed by atoms with E-state index in [0.29, 0.717) is 5.75 Å². The number of carbonyl (C=O) groups is 1. The molecule has 1 heterocycles. The summed E-state index contributed by atoms with van der Waals surface area (Å²) in [6.07, 6.45) is 2.74. The summed E-state index contributed by atoms with van der Waals surface area (Å²) in [5.74, 6) is 0.332. The van der Waals surface area contributed by atoms with Gasteiger partial charge >= 0.3 is 0 Å². The monoisotopic (exact) mass is 519 g/mol. The second-order valence-corrected chi connectivity index (χ2v) is 7.76. The van der Waals surface area contributed by atoms with Crippen molar-refractivity contribution in [1.82, 2.24) is 5.32 Å². The number of hydrogen-bond acceptors (Lipinski definition) is 3. The summed E-state index contributed by atoms with van der Waals surface area (Å²) in [5.41, 5.74) is 4.47. The van der Waals surface area contributed by atoms with E-state index >= 15 is 0 Å². The van der Waals surface area contributed by atoms with Crippen LogP contribution in [0, 0.1) is 7.14 Å². The van der Waals surface area contributed by atoms with E-state index in [2.05, 4.69) is 62.6 Å². The molecule has 2 aromatic carbocycles. The number of hydrogen-bond donors (Lipinski definition) is 2. The van der Waals surface area contributed by atoms with E-state index in [1.54, 1.807) is 6.07 Å². The van der Waals surface area contributed by atoms with Crippen molar-refractivity contribution in [2.45, 2.75) is 18.9 Å². The quantitative estimate of drug-likeness (QED) is 0.479. The van der Waals surface area contributed by atoms with Gasteiger partial charge in [0.15, 0.2) is 6.29 Å². The van der Waals surface area contributed by atoms with E-state index in [1.165, 1.54) is 16.7 Å². The van der Waals surface area contributed by atoms with Crippen molar-refractivity contribution >= 4 is 51.5 Å². The largest absolute Gasteiger partial charge is 0.508 e. The SMILES string of the molecule is O=Cc1c(I)cc(CC2NCCc3cc(O)ccc32)cc1I. The van der Waals surface area contributed by atoms with Gasteiger partial charge in [-0.05, 0) is 106 Å². The lowest BCUT2D eigenvalue weighted by Gasteiger charge is -2.27. The molecule has 3 nitrogen and oxygen atoms in total. The molecular formula is C17H15I2NO2. The smallest absolute Gasteiger partial charge is 0.152 e. The van der Waals surface area contributed by atoms with Gasteiger partial charge in [-0.3, -0.25) is 4.79 Å². The Labute approximate surface area is 156 Å². The molecule has 2 aromatic rings. The number of fused-ring (bicyclic) bond motifs is 1. The predicted molar refractivity (Wildman–Crippen MR) is 104 cm³/mol. The minimum atomic E-state index is 0.248. The lowest BCUT2D eigenvalue weighted by molar-refractivity contribution is 0.112. The molecule has 0 aliphatic carbocycles. The molecule has 1 aliphatic heterocycles. The molecule has 0 spiro atoms. The zero-order chi connectivity index (χ0) is 15.7. The van der Waals surface area contributed by atoms with Crippen molar-refractivity contribution in [3.63, 3.8) is 0 Å². The number of halogens is 2. The van der Waals surface area contributed by atoms with Crippen LogP contribution in [0.25, 0.3) is 0 Å². The number of benzene rings is 2. The summed E-state index contributed by atoms with van der Waals surface area (Å²) in [6.45, 7) is 0.918. The van der Waals surface area contributed by atoms with Gasteiger partial charge < -0.3 is 10.4 Å². The Bertz CT molecular complexity index is 708. The third-order valence-electron chi connectivity index (χ3n) is 3.98. The summed E-state index contributed by atoms with van der Waals surface area (Å²) in [4.78, 5) is 11.1. The van der Waals surface area contributed by atoms with Crippen molar-refractivity contribution in [3.05, 3.63) is 59.7 Å². The Morgan fingerprint density at radius 1 is 1.23 bits per heavy atom. The molecular weight excluding hydrogens is 504 g/mol. The highest BCUT2D eigenvalue weighted by Crippen LogP contribution is 2.30. The minimum absolute atomic E-state index is 0.248. The van der Waals surface area contributed by atoms with Gasteiger partial charge in [0, 0.05) is 18.7 Å². The van der Waals surface area contributed by atoms with Crippen LogP contribution in [0.5, 0.6) is 5.75 Å². The Morgan fingerprint density at radius 3 is 2.64 bits per heavy atom. The number of aromatic hydroxyl groups is 1. The maximum atomic E-state index is 11.1. The first-order valence-corrected chi connectivity index (χ1v) is 9.22. The zero-order valence-corrected chi connectivity index (χ0v) is 16.1. The summed E-state index contributed by atoms with van der Waals surface area (Å²) in [7, 11) is 0. The maximum absolute atomic E-state index is 11.1. The number of phenolic OH excluding ortho intramolecular Hbond substituents is 1. The second-order valence-electron chi connectivity index (χ2n) is 5.43. The van der Waals surface area contributed by atoms with Gasteiger partial charge in [0.05, 0.1) is 0 Å². The fraction of sp³-hybridized carbons (Fsp3) is 0.235. The van der Waals surface area contributed by atoms with E-state index in [-0.39, 0.29) is 6.04 Å². The molecule has 0 radical (unpaired) electrons. The molecule has 3 rings (SSSR count). The first-order valence-electron chi connectivity index (χ1n) is 7.06. The number of nitrogens with one attached hydrogen (secondary N) is 1. The minimum Gasteiger partial charge on any atom is -0.508 e. The van der Waals surface area contributed by atoms with Crippen molar-refractivity contribution in [3.8, 4) is 5.75 Å². The number of phenols is 1. The lowest BCUT2D eigenvalue weighted by atomic mass is 9.90. The van der Waals surface area contributed by atoms with Crippen LogP contribution in [0.15, 0.2) is 30.3 Å². The van der Waals surface area contributed by atoms with Gasteiger partial charge in [0.1, 0.15) is 5.75 Å². The number of aldehydes is 1. The summed E-state index contributed by atoms with van der Waals surface area (Å²) in [6, 6.07) is 10.1. The Hall–Kier alpha value is -0.670. The van der Waals surface area contributed by atoms with Crippen LogP contribution in [-0.4, -0.2) is 17.9 Å². The van der Waals surface area contributed by atoms with Crippen molar-refractivity contribution in [2.24, 2.45) is 0 Å². The Kier molecular flexibility index (Phi) is 5.03. The van der Waals surface area contributed by atoms with Gasteiger partial charge in [-0.15, -0.1) is 0 Å². The van der Waals surface area contributed by atoms with Crippen LogP contribution < -0.4 is 5.32 Å². The molecule has 1 aliphatic rings. The van der Waals surface area contributed by atoms with Crippen LogP contribution in [0.3, 0.4) is 0 Å². The van der Waals surface area contributed by atoms with Gasteiger partial charge in [-0.25, -0.2) is 0 Å². The standard InChI is InChI=1S/C17H15I2NO2/c18-15-5-10(6-16(19)14(15)9-21)7-17-13-2-1-12(22)8-11(13)3-4-20-17/h1-2,5-6,8-9,17,20,22H,3-4,7H2. The van der Waals surface area contributed by atoms with Crippen LogP contribution >= 0.6 is 45.2 Å². The van der Waals surface area contributed by atoms with Gasteiger partial charge in [0.25, 0.3) is 0 Å². The van der Waals surface area contributed by atoms with E-state index in [4.69, 9.17) is 0 Å². The van der Waals surface area contributed by atoms with E-state index in [0.717, 1.165) is 38.4 Å². The molecule has 1 atom stereocenters. The Morgan fingerprint density at radius 2 is 1.95 bits per heavy atom. The zero-order valence-electron chi connectivity index (χ0n) is 11.8. The normalized spacial score (nSPS) is 17.1. The van der Waals surface area contributed by atoms with Crippen LogP contribution in [0.1, 0.15) is 33.1 Å². The number of carbonyl (C=O) groups excluding carboxylic acids is 1. The number of rotatable bonds is 3. The fourth-order valence-electron chi connectivity index (χ4n) is 2.92. The molecule has 22 heavy (non-hydrogen) atoms. The van der Waals surface area contributed by atoms with Crippen molar-refractivity contribution < 1.29 is 9.90 Å². The molecule has 0 bridgehead atoms. The van der Waals surface area contributed by atoms with E-state index in [1.807, 2.05) is 12.1 Å². The van der Waals surface area contributed by atoms with E-state index < -0.39 is 0 Å². The highest BCUT2D eigenvalue weighted by molar-refractivity contribution is 14.1. The molecule has 114 valence electrons. The van der Waals surface area contributed by atoms with Crippen molar-refractivity contribution in [2.75, 3.05) is 6.54 Å². The predicted octanol–water partition coefficient (Wildman–Crippen LogP) is 3.84. The first-order chi connectivity index (χ1) is 10.6. The molecule has 0 saturated heterocycles. The summed E-state index contributed by atoms with van der Waals surface area (Å²) >= 11 is 4.44. The van der Waals surface area contributed by atoms with Gasteiger partial charge in [0.2, 0.25) is 0 Å². The maximum Gasteiger partial charge on any atom is 0.152 e. The molecule has 0 amide bonds. The lowest BCUT2D eigenvalue weighted by Crippen LogP contribution is -2.31. The topological polar surface area (TPSA) is 49.3 Å².